The molecule has 1 aliphatic heterocycles. The van der Waals surface area contributed by atoms with Crippen LogP contribution in [0.1, 0.15) is 36.0 Å². The number of ether oxygens (including phenoxy) is 1. The van der Waals surface area contributed by atoms with Gasteiger partial charge in [0, 0.05) is 13.6 Å². The van der Waals surface area contributed by atoms with E-state index in [9.17, 15) is 9.59 Å². The number of nitrogens with one attached hydrogen (secondary N) is 1. The summed E-state index contributed by atoms with van der Waals surface area (Å²) in [6.45, 7) is 8.59. The molecule has 8 nitrogen and oxygen atoms in total. The van der Waals surface area contributed by atoms with Crippen molar-refractivity contribution < 1.29 is 14.3 Å². The van der Waals surface area contributed by atoms with Gasteiger partial charge in [-0.1, -0.05) is 32.0 Å². The zero-order valence-corrected chi connectivity index (χ0v) is 17.9. The van der Waals surface area contributed by atoms with Crippen molar-refractivity contribution in [2.75, 3.05) is 20.2 Å². The van der Waals surface area contributed by atoms with E-state index in [0.717, 1.165) is 5.56 Å². The Hall–Kier alpha value is -2.84. The van der Waals surface area contributed by atoms with Gasteiger partial charge in [0.1, 0.15) is 23.3 Å². The lowest BCUT2D eigenvalue weighted by molar-refractivity contribution is -0.145. The summed E-state index contributed by atoms with van der Waals surface area (Å²) in [5.41, 5.74) is 1.96. The molecule has 0 saturated carbocycles. The number of hydrogen-bond donors (Lipinski definition) is 1. The second-order valence-electron chi connectivity index (χ2n) is 7.24. The molecule has 0 spiro atoms. The van der Waals surface area contributed by atoms with Gasteiger partial charge in [-0.3, -0.25) is 9.59 Å². The lowest BCUT2D eigenvalue weighted by Gasteiger charge is -2.43. The Morgan fingerprint density at radius 2 is 2.07 bits per heavy atom. The number of aromatic nitrogens is 3. The number of rotatable bonds is 5. The molecule has 0 radical (unpaired) electrons. The highest BCUT2D eigenvalue weighted by Gasteiger charge is 2.37. The van der Waals surface area contributed by atoms with E-state index in [4.69, 9.17) is 16.3 Å². The van der Waals surface area contributed by atoms with Crippen molar-refractivity contribution in [3.63, 3.8) is 0 Å². The third kappa shape index (κ3) is 4.49. The zero-order chi connectivity index (χ0) is 21.8. The van der Waals surface area contributed by atoms with E-state index in [1.807, 2.05) is 19.9 Å². The molecule has 2 aromatic heterocycles. The van der Waals surface area contributed by atoms with Gasteiger partial charge in [0.15, 0.2) is 0 Å². The van der Waals surface area contributed by atoms with Crippen LogP contribution < -0.4 is 5.32 Å². The Kier molecular flexibility index (Phi) is 6.79. The number of carbonyl (C=O) groups is 2. The fourth-order valence-corrected chi connectivity index (χ4v) is 3.85. The number of nitrogens with zero attached hydrogens (tertiary/aromatic N) is 4. The average Bonchev–Trinajstić information content (AvgIpc) is 2.76. The van der Waals surface area contributed by atoms with Gasteiger partial charge >= 0.3 is 0 Å². The molecule has 1 fully saturated rings. The molecule has 1 saturated heterocycles. The van der Waals surface area contributed by atoms with Crippen molar-refractivity contribution in [1.82, 2.24) is 25.2 Å². The second-order valence-corrected chi connectivity index (χ2v) is 7.63. The molecule has 2 amide bonds. The standard InChI is InChI=1S/C21H24ClN5O3/c1-5-18(28)27-6-7-30-20(19(27)12(2)3)13-8-15(26-17(22)9-13)14-10-16(21(29)23-4)25-11-24-14/h5,8-12,19-20H,1,6-7H2,2-4H3,(H,23,29)/t19-,20-/m0/s1. The molecule has 0 aromatic carbocycles. The first-order valence-electron chi connectivity index (χ1n) is 9.62. The van der Waals surface area contributed by atoms with E-state index in [1.165, 1.54) is 19.5 Å². The molecular weight excluding hydrogens is 406 g/mol. The van der Waals surface area contributed by atoms with Crippen LogP contribution in [0, 0.1) is 5.92 Å². The Bertz CT molecular complexity index is 965. The predicted octanol–water partition coefficient (Wildman–Crippen LogP) is 2.66. The molecule has 1 N–H and O–H groups in total. The largest absolute Gasteiger partial charge is 0.370 e. The smallest absolute Gasteiger partial charge is 0.269 e. The summed E-state index contributed by atoms with van der Waals surface area (Å²) in [6.07, 6.45) is 2.24. The lowest BCUT2D eigenvalue weighted by atomic mass is 9.90. The Morgan fingerprint density at radius 1 is 1.30 bits per heavy atom. The first-order chi connectivity index (χ1) is 14.3. The summed E-state index contributed by atoms with van der Waals surface area (Å²) in [6, 6.07) is 4.91. The summed E-state index contributed by atoms with van der Waals surface area (Å²) < 4.78 is 6.08. The third-order valence-electron chi connectivity index (χ3n) is 4.97. The van der Waals surface area contributed by atoms with Crippen LogP contribution in [0.4, 0.5) is 0 Å². The van der Waals surface area contributed by atoms with Crippen molar-refractivity contribution in [3.05, 3.63) is 53.6 Å². The Morgan fingerprint density at radius 3 is 2.73 bits per heavy atom. The maximum Gasteiger partial charge on any atom is 0.269 e. The maximum atomic E-state index is 12.4. The SMILES string of the molecule is C=CC(=O)N1CCO[C@@H](c2cc(Cl)nc(-c3cc(C(=O)NC)ncn3)c2)[C@@H]1C(C)C. The van der Waals surface area contributed by atoms with Gasteiger partial charge in [-0.15, -0.1) is 0 Å². The first kappa shape index (κ1) is 21.9. The number of pyridine rings is 1. The zero-order valence-electron chi connectivity index (χ0n) is 17.1. The van der Waals surface area contributed by atoms with Crippen LogP contribution >= 0.6 is 11.6 Å². The van der Waals surface area contributed by atoms with E-state index in [0.29, 0.717) is 24.5 Å². The average molecular weight is 430 g/mol. The fourth-order valence-electron chi connectivity index (χ4n) is 3.63. The molecule has 0 aliphatic carbocycles. The summed E-state index contributed by atoms with van der Waals surface area (Å²) in [5.74, 6) is -0.322. The van der Waals surface area contributed by atoms with Crippen molar-refractivity contribution in [2.45, 2.75) is 26.0 Å². The Labute approximate surface area is 180 Å². The van der Waals surface area contributed by atoms with Crippen molar-refractivity contribution in [3.8, 4) is 11.4 Å². The number of carbonyl (C=O) groups excluding carboxylic acids is 2. The van der Waals surface area contributed by atoms with Crippen LogP contribution in [0.3, 0.4) is 0 Å². The van der Waals surface area contributed by atoms with E-state index in [2.05, 4.69) is 26.8 Å². The molecule has 2 aromatic rings. The third-order valence-corrected chi connectivity index (χ3v) is 5.17. The van der Waals surface area contributed by atoms with Crippen LogP contribution in [0.25, 0.3) is 11.4 Å². The molecule has 2 atom stereocenters. The fraction of sp³-hybridized carbons (Fsp3) is 0.381. The van der Waals surface area contributed by atoms with Crippen LogP contribution in [0.5, 0.6) is 0 Å². The van der Waals surface area contributed by atoms with E-state index < -0.39 is 0 Å². The molecular formula is C21H24ClN5O3. The maximum absolute atomic E-state index is 12.4. The molecule has 1 aliphatic rings. The highest BCUT2D eigenvalue weighted by Crippen LogP contribution is 2.35. The van der Waals surface area contributed by atoms with Crippen molar-refractivity contribution >= 4 is 23.4 Å². The summed E-state index contributed by atoms with van der Waals surface area (Å²) >= 11 is 6.32. The van der Waals surface area contributed by atoms with Gasteiger partial charge in [-0.25, -0.2) is 15.0 Å². The summed E-state index contributed by atoms with van der Waals surface area (Å²) in [4.78, 5) is 38.7. The van der Waals surface area contributed by atoms with Crippen molar-refractivity contribution in [2.24, 2.45) is 5.92 Å². The first-order valence-corrected chi connectivity index (χ1v) is 10.00. The molecule has 3 rings (SSSR count). The Balaban J connectivity index is 2.03. The minimum Gasteiger partial charge on any atom is -0.370 e. The van der Waals surface area contributed by atoms with Gasteiger partial charge < -0.3 is 15.0 Å². The van der Waals surface area contributed by atoms with E-state index in [1.54, 1.807) is 17.0 Å². The monoisotopic (exact) mass is 429 g/mol. The highest BCUT2D eigenvalue weighted by atomic mass is 35.5. The molecule has 3 heterocycles. The quantitative estimate of drug-likeness (QED) is 0.579. The van der Waals surface area contributed by atoms with Crippen LogP contribution in [-0.2, 0) is 9.53 Å². The van der Waals surface area contributed by atoms with Gasteiger partial charge in [0.05, 0.1) is 24.0 Å². The molecule has 0 bridgehead atoms. The predicted molar refractivity (Wildman–Crippen MR) is 113 cm³/mol. The summed E-state index contributed by atoms with van der Waals surface area (Å²) in [7, 11) is 1.53. The second kappa shape index (κ2) is 9.32. The van der Waals surface area contributed by atoms with Gasteiger partial charge in [0.25, 0.3) is 5.91 Å². The number of halogens is 1. The molecule has 158 valence electrons. The van der Waals surface area contributed by atoms with E-state index >= 15 is 0 Å². The highest BCUT2D eigenvalue weighted by molar-refractivity contribution is 6.29. The summed E-state index contributed by atoms with van der Waals surface area (Å²) in [5, 5.41) is 2.80. The lowest BCUT2D eigenvalue weighted by Crippen LogP contribution is -2.52. The van der Waals surface area contributed by atoms with Crippen LogP contribution in [-0.4, -0.2) is 57.9 Å². The van der Waals surface area contributed by atoms with Crippen LogP contribution in [0.15, 0.2) is 37.2 Å². The molecule has 30 heavy (non-hydrogen) atoms. The topological polar surface area (TPSA) is 97.3 Å². The number of morpholine rings is 1. The van der Waals surface area contributed by atoms with Crippen LogP contribution in [0.2, 0.25) is 5.15 Å². The van der Waals surface area contributed by atoms with Gasteiger partial charge in [0.2, 0.25) is 5.91 Å². The van der Waals surface area contributed by atoms with Gasteiger partial charge in [-0.05, 0) is 35.8 Å². The number of hydrogen-bond acceptors (Lipinski definition) is 6. The number of amides is 2. The minimum absolute atomic E-state index is 0.131. The minimum atomic E-state index is -0.387. The van der Waals surface area contributed by atoms with E-state index in [-0.39, 0.29) is 40.7 Å². The normalized spacial score (nSPS) is 18.9. The van der Waals surface area contributed by atoms with Gasteiger partial charge in [-0.2, -0.15) is 0 Å². The molecule has 0 unspecified atom stereocenters. The van der Waals surface area contributed by atoms with Crippen molar-refractivity contribution in [1.29, 1.82) is 0 Å². The molecule has 9 heteroatoms.